The fourth-order valence-electron chi connectivity index (χ4n) is 1.85. The van der Waals surface area contributed by atoms with Crippen LogP contribution in [0.2, 0.25) is 0 Å². The minimum absolute atomic E-state index is 0.174. The van der Waals surface area contributed by atoms with Gasteiger partial charge in [-0.15, -0.1) is 0 Å². The zero-order valence-corrected chi connectivity index (χ0v) is 11.6. The fourth-order valence-corrected chi connectivity index (χ4v) is 1.85. The molecule has 0 unspecified atom stereocenters. The van der Waals surface area contributed by atoms with Gasteiger partial charge in [0.15, 0.2) is 0 Å². The van der Waals surface area contributed by atoms with Crippen LogP contribution in [0.15, 0.2) is 48.5 Å². The van der Waals surface area contributed by atoms with Gasteiger partial charge in [0, 0.05) is 11.3 Å². The minimum atomic E-state index is -0.174. The maximum Gasteiger partial charge on any atom is 0.255 e. The Morgan fingerprint density at radius 3 is 2.15 bits per heavy atom. The van der Waals surface area contributed by atoms with Gasteiger partial charge >= 0.3 is 0 Å². The van der Waals surface area contributed by atoms with Crippen LogP contribution in [-0.2, 0) is 0 Å². The molecule has 0 saturated carbocycles. The van der Waals surface area contributed by atoms with E-state index in [1.165, 1.54) is 5.56 Å². The number of benzene rings is 2. The summed E-state index contributed by atoms with van der Waals surface area (Å²) in [7, 11) is 0. The summed E-state index contributed by atoms with van der Waals surface area (Å²) in [4.78, 5) is 12.0. The Labute approximate surface area is 118 Å². The molecule has 2 rings (SSSR count). The van der Waals surface area contributed by atoms with Gasteiger partial charge in [0.1, 0.15) is 0 Å². The molecule has 20 heavy (non-hydrogen) atoms. The van der Waals surface area contributed by atoms with E-state index in [0.717, 1.165) is 5.69 Å². The summed E-state index contributed by atoms with van der Waals surface area (Å²) in [5, 5.41) is 11.6. The van der Waals surface area contributed by atoms with Crippen molar-refractivity contribution in [3.63, 3.8) is 0 Å². The standard InChI is InChI=1S/C17H16N2O/c1-12(2)14-7-9-16(10-8-14)19-17(20)15-5-3-13(11-18)4-6-15/h3-10,12H,1-2H3,(H,19,20). The van der Waals surface area contributed by atoms with Crippen LogP contribution in [0, 0.1) is 11.3 Å². The average molecular weight is 264 g/mol. The second-order valence-electron chi connectivity index (χ2n) is 4.92. The topological polar surface area (TPSA) is 52.9 Å². The molecule has 2 aromatic carbocycles. The molecule has 3 heteroatoms. The maximum atomic E-state index is 12.0. The second kappa shape index (κ2) is 6.03. The molecule has 0 aromatic heterocycles. The van der Waals surface area contributed by atoms with E-state index >= 15 is 0 Å². The molecule has 3 nitrogen and oxygen atoms in total. The summed E-state index contributed by atoms with van der Waals surface area (Å²) in [6.45, 7) is 4.26. The van der Waals surface area contributed by atoms with Gasteiger partial charge in [0.2, 0.25) is 0 Å². The number of hydrogen-bond donors (Lipinski definition) is 1. The molecule has 100 valence electrons. The van der Waals surface area contributed by atoms with Gasteiger partial charge in [-0.25, -0.2) is 0 Å². The highest BCUT2D eigenvalue weighted by molar-refractivity contribution is 6.04. The van der Waals surface area contributed by atoms with Gasteiger partial charge in [0.05, 0.1) is 11.6 Å². The molecule has 0 aliphatic heterocycles. The van der Waals surface area contributed by atoms with E-state index in [1.807, 2.05) is 30.3 Å². The fraction of sp³-hybridized carbons (Fsp3) is 0.176. The third kappa shape index (κ3) is 3.24. The SMILES string of the molecule is CC(C)c1ccc(NC(=O)c2ccc(C#N)cc2)cc1. The molecular formula is C17H16N2O. The number of carbonyl (C=O) groups is 1. The molecule has 0 saturated heterocycles. The Morgan fingerprint density at radius 1 is 1.05 bits per heavy atom. The van der Waals surface area contributed by atoms with E-state index in [1.54, 1.807) is 24.3 Å². The van der Waals surface area contributed by atoms with Crippen LogP contribution in [-0.4, -0.2) is 5.91 Å². The number of anilines is 1. The first-order valence-electron chi connectivity index (χ1n) is 6.51. The second-order valence-corrected chi connectivity index (χ2v) is 4.92. The number of rotatable bonds is 3. The molecular weight excluding hydrogens is 248 g/mol. The monoisotopic (exact) mass is 264 g/mol. The lowest BCUT2D eigenvalue weighted by Gasteiger charge is -2.08. The Hall–Kier alpha value is -2.60. The third-order valence-electron chi connectivity index (χ3n) is 3.11. The molecule has 0 aliphatic rings. The summed E-state index contributed by atoms with van der Waals surface area (Å²) in [6.07, 6.45) is 0. The van der Waals surface area contributed by atoms with Gasteiger partial charge in [0.25, 0.3) is 5.91 Å². The van der Waals surface area contributed by atoms with Gasteiger partial charge in [-0.1, -0.05) is 26.0 Å². The molecule has 0 radical (unpaired) electrons. The van der Waals surface area contributed by atoms with Crippen molar-refractivity contribution >= 4 is 11.6 Å². The van der Waals surface area contributed by atoms with Crippen molar-refractivity contribution in [2.75, 3.05) is 5.32 Å². The predicted octanol–water partition coefficient (Wildman–Crippen LogP) is 3.93. The zero-order chi connectivity index (χ0) is 14.5. The van der Waals surface area contributed by atoms with Crippen LogP contribution >= 0.6 is 0 Å². The van der Waals surface area contributed by atoms with Crippen molar-refractivity contribution < 1.29 is 4.79 Å². The molecule has 0 bridgehead atoms. The minimum Gasteiger partial charge on any atom is -0.322 e. The molecule has 1 amide bonds. The van der Waals surface area contributed by atoms with Gasteiger partial charge in [-0.05, 0) is 47.9 Å². The highest BCUT2D eigenvalue weighted by Gasteiger charge is 2.06. The molecule has 0 atom stereocenters. The molecule has 0 heterocycles. The number of nitrogens with one attached hydrogen (secondary N) is 1. The van der Waals surface area contributed by atoms with Gasteiger partial charge in [-0.2, -0.15) is 5.26 Å². The highest BCUT2D eigenvalue weighted by atomic mass is 16.1. The Balaban J connectivity index is 2.09. The van der Waals surface area contributed by atoms with E-state index in [-0.39, 0.29) is 5.91 Å². The van der Waals surface area contributed by atoms with Gasteiger partial charge in [-0.3, -0.25) is 4.79 Å². The molecule has 1 N–H and O–H groups in total. The lowest BCUT2D eigenvalue weighted by molar-refractivity contribution is 0.102. The van der Waals surface area contributed by atoms with Crippen LogP contribution in [0.25, 0.3) is 0 Å². The zero-order valence-electron chi connectivity index (χ0n) is 11.6. The molecule has 0 aliphatic carbocycles. The lowest BCUT2D eigenvalue weighted by Crippen LogP contribution is -2.11. The van der Waals surface area contributed by atoms with Crippen LogP contribution in [0.4, 0.5) is 5.69 Å². The first-order chi connectivity index (χ1) is 9.60. The Bertz CT molecular complexity index is 634. The Kier molecular flexibility index (Phi) is 4.17. The van der Waals surface area contributed by atoms with E-state index < -0.39 is 0 Å². The molecule has 0 spiro atoms. The quantitative estimate of drug-likeness (QED) is 0.913. The Morgan fingerprint density at radius 2 is 1.65 bits per heavy atom. The number of nitriles is 1. The summed E-state index contributed by atoms with van der Waals surface area (Å²) >= 11 is 0. The van der Waals surface area contributed by atoms with Crippen molar-refractivity contribution in [2.45, 2.75) is 19.8 Å². The average Bonchev–Trinajstić information content (AvgIpc) is 2.48. The van der Waals surface area contributed by atoms with Crippen molar-refractivity contribution in [1.82, 2.24) is 0 Å². The van der Waals surface area contributed by atoms with Crippen molar-refractivity contribution in [3.8, 4) is 6.07 Å². The van der Waals surface area contributed by atoms with Crippen LogP contribution in [0.5, 0.6) is 0 Å². The number of carbonyl (C=O) groups excluding carboxylic acids is 1. The van der Waals surface area contributed by atoms with E-state index in [4.69, 9.17) is 5.26 Å². The summed E-state index contributed by atoms with van der Waals surface area (Å²) in [6, 6.07) is 16.4. The van der Waals surface area contributed by atoms with E-state index in [9.17, 15) is 4.79 Å². The highest BCUT2D eigenvalue weighted by Crippen LogP contribution is 2.17. The smallest absolute Gasteiger partial charge is 0.255 e. The third-order valence-corrected chi connectivity index (χ3v) is 3.11. The van der Waals surface area contributed by atoms with Crippen LogP contribution in [0.1, 0.15) is 41.3 Å². The van der Waals surface area contributed by atoms with Crippen molar-refractivity contribution in [3.05, 3.63) is 65.2 Å². The number of amides is 1. The van der Waals surface area contributed by atoms with Crippen LogP contribution in [0.3, 0.4) is 0 Å². The number of hydrogen-bond acceptors (Lipinski definition) is 2. The first-order valence-corrected chi connectivity index (χ1v) is 6.51. The van der Waals surface area contributed by atoms with Crippen molar-refractivity contribution in [2.24, 2.45) is 0 Å². The molecule has 2 aromatic rings. The maximum absolute atomic E-state index is 12.0. The van der Waals surface area contributed by atoms with E-state index in [0.29, 0.717) is 17.0 Å². The normalized spacial score (nSPS) is 10.1. The van der Waals surface area contributed by atoms with Crippen LogP contribution < -0.4 is 5.32 Å². The largest absolute Gasteiger partial charge is 0.322 e. The van der Waals surface area contributed by atoms with Crippen molar-refractivity contribution in [1.29, 1.82) is 5.26 Å². The summed E-state index contributed by atoms with van der Waals surface area (Å²) < 4.78 is 0. The van der Waals surface area contributed by atoms with E-state index in [2.05, 4.69) is 19.2 Å². The lowest BCUT2D eigenvalue weighted by atomic mass is 10.0. The first kappa shape index (κ1) is 13.8. The number of nitrogens with zero attached hydrogens (tertiary/aromatic N) is 1. The summed E-state index contributed by atoms with van der Waals surface area (Å²) in [5.74, 6) is 0.296. The van der Waals surface area contributed by atoms with Gasteiger partial charge < -0.3 is 5.32 Å². The summed E-state index contributed by atoms with van der Waals surface area (Å²) in [5.41, 5.74) is 3.09. The predicted molar refractivity (Wildman–Crippen MR) is 79.6 cm³/mol. The molecule has 0 fully saturated rings.